The predicted molar refractivity (Wildman–Crippen MR) is 91.8 cm³/mol. The Morgan fingerprint density at radius 2 is 1.52 bits per heavy atom. The Labute approximate surface area is 140 Å². The number of benzene rings is 1. The summed E-state index contributed by atoms with van der Waals surface area (Å²) in [5, 5.41) is 0. The third kappa shape index (κ3) is 2.37. The van der Waals surface area contributed by atoms with E-state index in [-0.39, 0.29) is 5.54 Å². The highest BCUT2D eigenvalue weighted by Crippen LogP contribution is 2.58. The highest BCUT2D eigenvalue weighted by Gasteiger charge is 2.55. The summed E-state index contributed by atoms with van der Waals surface area (Å²) < 4.78 is 28.5. The van der Waals surface area contributed by atoms with Crippen LogP contribution in [0, 0.1) is 31.6 Å². The van der Waals surface area contributed by atoms with E-state index in [0.717, 1.165) is 48.1 Å². The average Bonchev–Trinajstić information content (AvgIpc) is 2.47. The van der Waals surface area contributed by atoms with Crippen LogP contribution in [0.3, 0.4) is 0 Å². The summed E-state index contributed by atoms with van der Waals surface area (Å²) in [5.74, 6) is 2.24. The molecule has 4 heteroatoms. The van der Waals surface area contributed by atoms with Crippen LogP contribution in [-0.4, -0.2) is 25.3 Å². The molecular formula is C19H27NO2S. The van der Waals surface area contributed by atoms with Crippen LogP contribution in [0.25, 0.3) is 0 Å². The Balaban J connectivity index is 1.73. The highest BCUT2D eigenvalue weighted by molar-refractivity contribution is 7.89. The van der Waals surface area contributed by atoms with Gasteiger partial charge in [-0.3, -0.25) is 0 Å². The fraction of sp³-hybridized carbons (Fsp3) is 0.684. The summed E-state index contributed by atoms with van der Waals surface area (Å²) >= 11 is 0. The number of hydrogen-bond donors (Lipinski definition) is 0. The first-order valence-corrected chi connectivity index (χ1v) is 10.3. The first-order chi connectivity index (χ1) is 10.8. The lowest BCUT2D eigenvalue weighted by Crippen LogP contribution is -2.60. The predicted octanol–water partition coefficient (Wildman–Crippen LogP) is 3.89. The first kappa shape index (κ1) is 15.6. The zero-order chi connectivity index (χ0) is 16.4. The fourth-order valence-corrected chi connectivity index (χ4v) is 7.68. The van der Waals surface area contributed by atoms with Crippen molar-refractivity contribution >= 4 is 10.0 Å². The number of rotatable bonds is 3. The summed E-state index contributed by atoms with van der Waals surface area (Å²) in [7, 11) is -1.58. The summed E-state index contributed by atoms with van der Waals surface area (Å²) in [4.78, 5) is 0.496. The van der Waals surface area contributed by atoms with Gasteiger partial charge in [0, 0.05) is 12.6 Å². The highest BCUT2D eigenvalue weighted by atomic mass is 32.2. The van der Waals surface area contributed by atoms with Crippen molar-refractivity contribution in [2.75, 3.05) is 7.05 Å². The summed E-state index contributed by atoms with van der Waals surface area (Å²) in [5.41, 5.74) is 1.74. The molecule has 0 heterocycles. The van der Waals surface area contributed by atoms with Crippen molar-refractivity contribution in [3.8, 4) is 0 Å². The lowest BCUT2D eigenvalue weighted by molar-refractivity contribution is -0.0495. The Hall–Kier alpha value is -0.870. The minimum Gasteiger partial charge on any atom is -0.207 e. The molecule has 126 valence electrons. The fourth-order valence-electron chi connectivity index (χ4n) is 5.84. The van der Waals surface area contributed by atoms with E-state index in [0.29, 0.717) is 4.90 Å². The third-order valence-corrected chi connectivity index (χ3v) is 8.76. The van der Waals surface area contributed by atoms with Gasteiger partial charge >= 0.3 is 0 Å². The molecule has 4 saturated carbocycles. The second kappa shape index (κ2) is 5.06. The van der Waals surface area contributed by atoms with Crippen LogP contribution in [0.5, 0.6) is 0 Å². The molecular weight excluding hydrogens is 306 g/mol. The van der Waals surface area contributed by atoms with Gasteiger partial charge in [0.2, 0.25) is 10.0 Å². The van der Waals surface area contributed by atoms with Crippen molar-refractivity contribution < 1.29 is 8.42 Å². The van der Waals surface area contributed by atoms with Crippen LogP contribution >= 0.6 is 0 Å². The zero-order valence-corrected chi connectivity index (χ0v) is 15.2. The largest absolute Gasteiger partial charge is 0.243 e. The van der Waals surface area contributed by atoms with Crippen molar-refractivity contribution in [3.63, 3.8) is 0 Å². The Bertz CT molecular complexity index is 702. The van der Waals surface area contributed by atoms with Gasteiger partial charge in [-0.05, 0) is 87.3 Å². The lowest BCUT2D eigenvalue weighted by atomic mass is 9.53. The van der Waals surface area contributed by atoms with Crippen molar-refractivity contribution in [2.45, 2.75) is 62.8 Å². The Kier molecular flexibility index (Phi) is 3.44. The van der Waals surface area contributed by atoms with Crippen molar-refractivity contribution in [1.82, 2.24) is 4.31 Å². The molecule has 5 rings (SSSR count). The van der Waals surface area contributed by atoms with Gasteiger partial charge in [0.05, 0.1) is 4.90 Å². The van der Waals surface area contributed by atoms with E-state index in [9.17, 15) is 8.42 Å². The van der Waals surface area contributed by atoms with E-state index in [1.165, 1.54) is 19.3 Å². The molecule has 0 unspecified atom stereocenters. The van der Waals surface area contributed by atoms with Gasteiger partial charge in [0.1, 0.15) is 0 Å². The van der Waals surface area contributed by atoms with Gasteiger partial charge in [-0.1, -0.05) is 12.1 Å². The summed E-state index contributed by atoms with van der Waals surface area (Å²) in [6.45, 7) is 3.86. The van der Waals surface area contributed by atoms with Crippen LogP contribution < -0.4 is 0 Å². The molecule has 4 aliphatic carbocycles. The molecule has 0 saturated heterocycles. The minimum absolute atomic E-state index is 0.121. The molecule has 0 radical (unpaired) electrons. The quantitative estimate of drug-likeness (QED) is 0.841. The lowest BCUT2D eigenvalue weighted by Gasteiger charge is -2.59. The molecule has 4 fully saturated rings. The zero-order valence-electron chi connectivity index (χ0n) is 14.4. The monoisotopic (exact) mass is 333 g/mol. The molecule has 0 aromatic heterocycles. The molecule has 23 heavy (non-hydrogen) atoms. The van der Waals surface area contributed by atoms with Crippen LogP contribution in [-0.2, 0) is 10.0 Å². The molecule has 0 aliphatic heterocycles. The molecule has 4 bridgehead atoms. The average molecular weight is 333 g/mol. The van der Waals surface area contributed by atoms with E-state index < -0.39 is 10.0 Å². The molecule has 1 aromatic rings. The maximum absolute atomic E-state index is 13.3. The van der Waals surface area contributed by atoms with E-state index in [2.05, 4.69) is 0 Å². The maximum atomic E-state index is 13.3. The van der Waals surface area contributed by atoms with Crippen LogP contribution in [0.15, 0.2) is 23.1 Å². The maximum Gasteiger partial charge on any atom is 0.243 e. The van der Waals surface area contributed by atoms with E-state index in [1.54, 1.807) is 4.31 Å². The SMILES string of the molecule is Cc1ccc(C)c(S(=O)(=O)N(C)C23CC4CC(CC(C4)C2)C3)c1. The van der Waals surface area contributed by atoms with Gasteiger partial charge in [-0.25, -0.2) is 8.42 Å². The Morgan fingerprint density at radius 1 is 1.00 bits per heavy atom. The smallest absolute Gasteiger partial charge is 0.207 e. The third-order valence-electron chi connectivity index (χ3n) is 6.66. The molecule has 1 aromatic carbocycles. The van der Waals surface area contributed by atoms with Crippen LogP contribution in [0.1, 0.15) is 49.7 Å². The van der Waals surface area contributed by atoms with Crippen molar-refractivity contribution in [2.24, 2.45) is 17.8 Å². The summed E-state index contributed by atoms with van der Waals surface area (Å²) in [6.07, 6.45) is 7.20. The number of aryl methyl sites for hydroxylation is 2. The Morgan fingerprint density at radius 3 is 2.04 bits per heavy atom. The topological polar surface area (TPSA) is 37.4 Å². The second-order valence-electron chi connectivity index (χ2n) is 8.38. The number of nitrogens with zero attached hydrogens (tertiary/aromatic N) is 1. The van der Waals surface area contributed by atoms with Gasteiger partial charge in [-0.15, -0.1) is 0 Å². The minimum atomic E-state index is -3.42. The first-order valence-electron chi connectivity index (χ1n) is 8.86. The summed E-state index contributed by atoms with van der Waals surface area (Å²) in [6, 6.07) is 5.75. The van der Waals surface area contributed by atoms with Gasteiger partial charge in [0.25, 0.3) is 0 Å². The van der Waals surface area contributed by atoms with Crippen molar-refractivity contribution in [1.29, 1.82) is 0 Å². The van der Waals surface area contributed by atoms with Gasteiger partial charge < -0.3 is 0 Å². The normalized spacial score (nSPS) is 35.9. The number of hydrogen-bond acceptors (Lipinski definition) is 2. The molecule has 0 N–H and O–H groups in total. The van der Waals surface area contributed by atoms with Gasteiger partial charge in [-0.2, -0.15) is 4.31 Å². The number of sulfonamides is 1. The van der Waals surface area contributed by atoms with E-state index in [1.807, 2.05) is 39.1 Å². The molecule has 4 aliphatic rings. The van der Waals surface area contributed by atoms with E-state index in [4.69, 9.17) is 0 Å². The van der Waals surface area contributed by atoms with Crippen LogP contribution in [0.4, 0.5) is 0 Å². The van der Waals surface area contributed by atoms with E-state index >= 15 is 0 Å². The molecule has 0 atom stereocenters. The van der Waals surface area contributed by atoms with Crippen molar-refractivity contribution in [3.05, 3.63) is 29.3 Å². The molecule has 0 amide bonds. The molecule has 0 spiro atoms. The van der Waals surface area contributed by atoms with Crippen LogP contribution in [0.2, 0.25) is 0 Å². The molecule has 3 nitrogen and oxygen atoms in total. The second-order valence-corrected chi connectivity index (χ2v) is 10.3. The van der Waals surface area contributed by atoms with Gasteiger partial charge in [0.15, 0.2) is 0 Å². The standard InChI is InChI=1S/C19H27NO2S/c1-13-4-5-14(2)18(6-13)23(21,22)20(3)19-10-15-7-16(11-19)9-17(8-15)12-19/h4-6,15-17H,7-12H2,1-3H3.